The molecule has 2 aromatic carbocycles. The highest BCUT2D eigenvalue weighted by Gasteiger charge is 2.45. The number of carbonyl (C=O) groups excluding carboxylic acids is 1. The van der Waals surface area contributed by atoms with Crippen LogP contribution < -0.4 is 5.32 Å². The van der Waals surface area contributed by atoms with Crippen molar-refractivity contribution < 1.29 is 9.18 Å². The van der Waals surface area contributed by atoms with E-state index >= 15 is 0 Å². The number of nitrogens with one attached hydrogen (secondary N) is 2. The summed E-state index contributed by atoms with van der Waals surface area (Å²) in [5.74, 6) is -0.652. The van der Waals surface area contributed by atoms with E-state index in [1.54, 1.807) is 12.1 Å². The minimum atomic E-state index is -0.405. The van der Waals surface area contributed by atoms with E-state index < -0.39 is 5.82 Å². The van der Waals surface area contributed by atoms with Crippen LogP contribution in [0.15, 0.2) is 48.7 Å². The fourth-order valence-corrected chi connectivity index (χ4v) is 3.38. The molecule has 3 aromatic rings. The van der Waals surface area contributed by atoms with Crippen LogP contribution in [0, 0.1) is 5.82 Å². The normalized spacial score (nSPS) is 15.4. The van der Waals surface area contributed by atoms with E-state index in [-0.39, 0.29) is 11.3 Å². The molecule has 1 heterocycles. The summed E-state index contributed by atoms with van der Waals surface area (Å²) in [6.07, 6.45) is 4.04. The zero-order chi connectivity index (χ0) is 16.7. The van der Waals surface area contributed by atoms with E-state index in [0.29, 0.717) is 17.1 Å². The maximum Gasteiger partial charge on any atom is 0.251 e. The molecule has 1 amide bonds. The van der Waals surface area contributed by atoms with Crippen LogP contribution in [0.2, 0.25) is 5.02 Å². The van der Waals surface area contributed by atoms with E-state index in [0.717, 1.165) is 23.7 Å². The molecule has 24 heavy (non-hydrogen) atoms. The Hall–Kier alpha value is -2.33. The topological polar surface area (TPSA) is 44.9 Å². The molecule has 1 fully saturated rings. The molecule has 1 aromatic heterocycles. The molecule has 0 saturated heterocycles. The highest BCUT2D eigenvalue weighted by Crippen LogP contribution is 2.50. The van der Waals surface area contributed by atoms with Gasteiger partial charge in [-0.25, -0.2) is 4.39 Å². The number of halogens is 2. The van der Waals surface area contributed by atoms with E-state index in [2.05, 4.69) is 10.3 Å². The summed E-state index contributed by atoms with van der Waals surface area (Å²) in [6, 6.07) is 11.5. The number of fused-ring (bicyclic) bond motifs is 1. The summed E-state index contributed by atoms with van der Waals surface area (Å²) in [6.45, 7) is 0.540. The third kappa shape index (κ3) is 2.67. The van der Waals surface area contributed by atoms with Crippen molar-refractivity contribution in [3.63, 3.8) is 0 Å². The predicted octanol–water partition coefficient (Wildman–Crippen LogP) is 4.42. The second-order valence-electron chi connectivity index (χ2n) is 6.37. The Bertz CT molecular complexity index is 930. The molecule has 0 unspecified atom stereocenters. The van der Waals surface area contributed by atoms with Crippen LogP contribution in [-0.4, -0.2) is 17.4 Å². The van der Waals surface area contributed by atoms with Gasteiger partial charge in [-0.05, 0) is 48.7 Å². The van der Waals surface area contributed by atoms with Crippen molar-refractivity contribution in [3.8, 4) is 0 Å². The van der Waals surface area contributed by atoms with Crippen LogP contribution in [0.5, 0.6) is 0 Å². The summed E-state index contributed by atoms with van der Waals surface area (Å²) in [5.41, 5.74) is 2.50. The van der Waals surface area contributed by atoms with Crippen molar-refractivity contribution in [2.75, 3.05) is 6.54 Å². The third-order valence-electron chi connectivity index (χ3n) is 4.74. The smallest absolute Gasteiger partial charge is 0.251 e. The number of amides is 1. The number of hydrogen-bond donors (Lipinski definition) is 2. The van der Waals surface area contributed by atoms with Gasteiger partial charge >= 0.3 is 0 Å². The lowest BCUT2D eigenvalue weighted by Gasteiger charge is -2.16. The zero-order valence-electron chi connectivity index (χ0n) is 12.9. The first-order chi connectivity index (χ1) is 11.6. The molecule has 4 rings (SSSR count). The quantitative estimate of drug-likeness (QED) is 0.724. The minimum Gasteiger partial charge on any atom is -0.361 e. The highest BCUT2D eigenvalue weighted by molar-refractivity contribution is 6.31. The minimum absolute atomic E-state index is 0.0466. The van der Waals surface area contributed by atoms with Gasteiger partial charge < -0.3 is 10.3 Å². The summed E-state index contributed by atoms with van der Waals surface area (Å²) in [7, 11) is 0. The summed E-state index contributed by atoms with van der Waals surface area (Å²) in [4.78, 5) is 15.5. The summed E-state index contributed by atoms with van der Waals surface area (Å²) >= 11 is 6.03. The van der Waals surface area contributed by atoms with Crippen LogP contribution in [0.25, 0.3) is 10.9 Å². The van der Waals surface area contributed by atoms with Crippen LogP contribution in [0.4, 0.5) is 4.39 Å². The predicted molar refractivity (Wildman–Crippen MR) is 93.0 cm³/mol. The van der Waals surface area contributed by atoms with Gasteiger partial charge in [-0.3, -0.25) is 4.79 Å². The number of benzene rings is 2. The third-order valence-corrected chi connectivity index (χ3v) is 4.98. The van der Waals surface area contributed by atoms with Gasteiger partial charge in [0.15, 0.2) is 0 Å². The van der Waals surface area contributed by atoms with Crippen molar-refractivity contribution in [1.82, 2.24) is 10.3 Å². The lowest BCUT2D eigenvalue weighted by Crippen LogP contribution is -2.32. The fraction of sp³-hybridized carbons (Fsp3) is 0.211. The maximum absolute atomic E-state index is 13.2. The molecule has 2 N–H and O–H groups in total. The molecule has 0 radical (unpaired) electrons. The second-order valence-corrected chi connectivity index (χ2v) is 6.80. The average Bonchev–Trinajstić information content (AvgIpc) is 3.24. The second kappa shape index (κ2) is 5.64. The zero-order valence-corrected chi connectivity index (χ0v) is 13.7. The molecule has 0 spiro atoms. The van der Waals surface area contributed by atoms with Crippen molar-refractivity contribution in [2.45, 2.75) is 18.3 Å². The lowest BCUT2D eigenvalue weighted by atomic mass is 9.95. The van der Waals surface area contributed by atoms with E-state index in [4.69, 9.17) is 11.6 Å². The number of hydrogen-bond acceptors (Lipinski definition) is 1. The Balaban J connectivity index is 1.54. The summed E-state index contributed by atoms with van der Waals surface area (Å²) in [5, 5.41) is 4.78. The number of aromatic nitrogens is 1. The molecular weight excluding hydrogens is 327 g/mol. The number of rotatable bonds is 4. The molecular formula is C19H16ClFN2O. The number of carbonyl (C=O) groups is 1. The molecule has 1 saturated carbocycles. The van der Waals surface area contributed by atoms with Crippen LogP contribution in [0.1, 0.15) is 28.8 Å². The molecule has 0 bridgehead atoms. The van der Waals surface area contributed by atoms with Crippen LogP contribution >= 0.6 is 11.6 Å². The van der Waals surface area contributed by atoms with Gasteiger partial charge in [0.1, 0.15) is 5.82 Å². The van der Waals surface area contributed by atoms with Gasteiger partial charge in [-0.15, -0.1) is 0 Å². The maximum atomic E-state index is 13.2. The molecule has 0 atom stereocenters. The standard InChI is InChI=1S/C19H16ClFN2O/c20-13-4-5-15-16(10-22-17(15)9-13)19(6-7-19)11-23-18(24)12-2-1-3-14(21)8-12/h1-5,8-10,22H,6-7,11H2,(H,23,24). The van der Waals surface area contributed by atoms with Crippen LogP contribution in [0.3, 0.4) is 0 Å². The van der Waals surface area contributed by atoms with Gasteiger partial charge in [-0.2, -0.15) is 0 Å². The van der Waals surface area contributed by atoms with Crippen LogP contribution in [-0.2, 0) is 5.41 Å². The van der Waals surface area contributed by atoms with Gasteiger partial charge in [0.05, 0.1) is 0 Å². The van der Waals surface area contributed by atoms with E-state index in [1.165, 1.54) is 17.7 Å². The first-order valence-electron chi connectivity index (χ1n) is 7.88. The first-order valence-corrected chi connectivity index (χ1v) is 8.26. The SMILES string of the molecule is O=C(NCC1(c2c[nH]c3cc(Cl)ccc23)CC1)c1cccc(F)c1. The Labute approximate surface area is 143 Å². The monoisotopic (exact) mass is 342 g/mol. The van der Waals surface area contributed by atoms with E-state index in [1.807, 2.05) is 24.4 Å². The molecule has 122 valence electrons. The molecule has 1 aliphatic carbocycles. The Kier molecular flexibility index (Phi) is 3.57. The highest BCUT2D eigenvalue weighted by atomic mass is 35.5. The van der Waals surface area contributed by atoms with Crippen molar-refractivity contribution >= 4 is 28.4 Å². The van der Waals surface area contributed by atoms with Gasteiger partial charge in [0.2, 0.25) is 0 Å². The molecule has 5 heteroatoms. The van der Waals surface area contributed by atoms with Gasteiger partial charge in [-0.1, -0.05) is 23.7 Å². The molecule has 1 aliphatic rings. The average molecular weight is 343 g/mol. The number of H-pyrrole nitrogens is 1. The number of aromatic amines is 1. The van der Waals surface area contributed by atoms with Gasteiger partial charge in [0.25, 0.3) is 5.91 Å². The van der Waals surface area contributed by atoms with Gasteiger partial charge in [0, 0.05) is 39.6 Å². The van der Waals surface area contributed by atoms with Crippen molar-refractivity contribution in [2.24, 2.45) is 0 Å². The Morgan fingerprint density at radius 3 is 2.83 bits per heavy atom. The van der Waals surface area contributed by atoms with E-state index in [9.17, 15) is 9.18 Å². The van der Waals surface area contributed by atoms with Crippen molar-refractivity contribution in [1.29, 1.82) is 0 Å². The first kappa shape index (κ1) is 15.2. The lowest BCUT2D eigenvalue weighted by molar-refractivity contribution is 0.0949. The fourth-order valence-electron chi connectivity index (χ4n) is 3.21. The largest absolute Gasteiger partial charge is 0.361 e. The Morgan fingerprint density at radius 2 is 2.08 bits per heavy atom. The Morgan fingerprint density at radius 1 is 1.25 bits per heavy atom. The molecule has 0 aliphatic heterocycles. The summed E-state index contributed by atoms with van der Waals surface area (Å²) < 4.78 is 13.2. The molecule has 3 nitrogen and oxygen atoms in total. The van der Waals surface area contributed by atoms with Crippen molar-refractivity contribution in [3.05, 3.63) is 70.6 Å².